The molecule has 0 aliphatic carbocycles. The van der Waals surface area contributed by atoms with Crippen molar-refractivity contribution in [2.24, 2.45) is 0 Å². The zero-order valence-electron chi connectivity index (χ0n) is 21.4. The minimum atomic E-state index is -4.57. The van der Waals surface area contributed by atoms with Crippen LogP contribution in [0.1, 0.15) is 37.8 Å². The number of hydrogen-bond acceptors (Lipinski definition) is 8. The fourth-order valence-corrected chi connectivity index (χ4v) is 6.04. The smallest absolute Gasteiger partial charge is 0.425 e. The highest BCUT2D eigenvalue weighted by Gasteiger charge is 2.47. The van der Waals surface area contributed by atoms with E-state index < -0.39 is 39.6 Å². The first-order chi connectivity index (χ1) is 17.5. The van der Waals surface area contributed by atoms with E-state index in [1.165, 1.54) is 42.7 Å². The quantitative estimate of drug-likeness (QED) is 0.339. The van der Waals surface area contributed by atoms with Gasteiger partial charge < -0.3 is 14.2 Å². The van der Waals surface area contributed by atoms with Gasteiger partial charge in [-0.15, -0.1) is 0 Å². The first-order valence-electron chi connectivity index (χ1n) is 11.5. The number of rotatable bonds is 9. The standard InChI is InChI=1S/C27H31NO7S2/c1-27(2,3)35-26(30)28(37(31,32)22-13-11-21(33-4)12-14-22)24(25(29)34-5)23(20-15-16-36-18-20)17-19-9-7-6-8-10-19/h6-16,18,23-24H,17H2,1-5H3. The zero-order chi connectivity index (χ0) is 27.2. The molecule has 2 aromatic carbocycles. The fourth-order valence-electron chi connectivity index (χ4n) is 3.84. The third kappa shape index (κ3) is 6.90. The summed E-state index contributed by atoms with van der Waals surface area (Å²) in [5.74, 6) is -1.19. The lowest BCUT2D eigenvalue weighted by molar-refractivity contribution is -0.146. The molecule has 37 heavy (non-hydrogen) atoms. The van der Waals surface area contributed by atoms with Gasteiger partial charge in [0.2, 0.25) is 0 Å². The van der Waals surface area contributed by atoms with E-state index in [9.17, 15) is 18.0 Å². The van der Waals surface area contributed by atoms with Crippen LogP contribution in [0.15, 0.2) is 76.3 Å². The molecular formula is C27H31NO7S2. The van der Waals surface area contributed by atoms with E-state index in [1.54, 1.807) is 20.8 Å². The van der Waals surface area contributed by atoms with Crippen molar-refractivity contribution >= 4 is 33.4 Å². The van der Waals surface area contributed by atoms with Crippen molar-refractivity contribution in [2.75, 3.05) is 14.2 Å². The van der Waals surface area contributed by atoms with Gasteiger partial charge in [-0.2, -0.15) is 15.6 Å². The SMILES string of the molecule is COC(=O)C(C(Cc1ccccc1)c1ccsc1)N(C(=O)OC(C)(C)C)S(=O)(=O)c1ccc(OC)cc1. The molecule has 0 radical (unpaired) electrons. The van der Waals surface area contributed by atoms with Crippen LogP contribution in [-0.4, -0.2) is 50.6 Å². The Morgan fingerprint density at radius 3 is 2.14 bits per heavy atom. The molecule has 0 bridgehead atoms. The normalized spacial score (nSPS) is 13.3. The Balaban J connectivity index is 2.22. The molecule has 2 unspecified atom stereocenters. The average Bonchev–Trinajstić information content (AvgIpc) is 3.40. The molecule has 0 fully saturated rings. The highest BCUT2D eigenvalue weighted by Crippen LogP contribution is 2.34. The second kappa shape index (κ2) is 11.8. The number of carbonyl (C=O) groups excluding carboxylic acids is 2. The number of benzene rings is 2. The van der Waals surface area contributed by atoms with E-state index in [2.05, 4.69) is 0 Å². The van der Waals surface area contributed by atoms with Gasteiger partial charge in [0.1, 0.15) is 11.4 Å². The highest BCUT2D eigenvalue weighted by atomic mass is 32.2. The summed E-state index contributed by atoms with van der Waals surface area (Å²) >= 11 is 1.40. The van der Waals surface area contributed by atoms with Crippen LogP contribution < -0.4 is 4.74 Å². The molecule has 1 amide bonds. The summed E-state index contributed by atoms with van der Waals surface area (Å²) in [6.07, 6.45) is -0.901. The van der Waals surface area contributed by atoms with Crippen LogP contribution in [0, 0.1) is 0 Å². The van der Waals surface area contributed by atoms with Crippen LogP contribution >= 0.6 is 11.3 Å². The Hall–Kier alpha value is -3.37. The van der Waals surface area contributed by atoms with Gasteiger partial charge >= 0.3 is 12.1 Å². The average molecular weight is 546 g/mol. The largest absolute Gasteiger partial charge is 0.497 e. The molecule has 0 spiro atoms. The first kappa shape index (κ1) is 28.2. The lowest BCUT2D eigenvalue weighted by Gasteiger charge is -2.35. The van der Waals surface area contributed by atoms with Crippen molar-refractivity contribution in [1.29, 1.82) is 0 Å². The van der Waals surface area contributed by atoms with Crippen LogP contribution in [0.4, 0.5) is 4.79 Å². The van der Waals surface area contributed by atoms with Gasteiger partial charge in [-0.25, -0.2) is 18.0 Å². The van der Waals surface area contributed by atoms with E-state index in [1.807, 2.05) is 47.2 Å². The molecule has 8 nitrogen and oxygen atoms in total. The molecule has 10 heteroatoms. The van der Waals surface area contributed by atoms with Gasteiger partial charge in [-0.3, -0.25) is 0 Å². The Morgan fingerprint density at radius 1 is 0.973 bits per heavy atom. The summed E-state index contributed by atoms with van der Waals surface area (Å²) in [7, 11) is -1.95. The van der Waals surface area contributed by atoms with Gasteiger partial charge in [0, 0.05) is 5.92 Å². The van der Waals surface area contributed by atoms with Crippen molar-refractivity contribution in [1.82, 2.24) is 4.31 Å². The number of sulfonamides is 1. The maximum Gasteiger partial charge on any atom is 0.425 e. The molecular weight excluding hydrogens is 514 g/mol. The molecule has 0 aliphatic rings. The van der Waals surface area contributed by atoms with E-state index in [4.69, 9.17) is 14.2 Å². The summed E-state index contributed by atoms with van der Waals surface area (Å²) in [6, 6.07) is 15.2. The summed E-state index contributed by atoms with van der Waals surface area (Å²) in [5.41, 5.74) is 0.532. The van der Waals surface area contributed by atoms with E-state index in [0.717, 1.165) is 12.7 Å². The Morgan fingerprint density at radius 2 is 1.62 bits per heavy atom. The number of hydrogen-bond donors (Lipinski definition) is 0. The molecule has 2 atom stereocenters. The Kier molecular flexibility index (Phi) is 8.98. The number of carbonyl (C=O) groups is 2. The van der Waals surface area contributed by atoms with Gasteiger partial charge in [0.15, 0.2) is 6.04 Å². The van der Waals surface area contributed by atoms with Gasteiger partial charge in [0.25, 0.3) is 10.0 Å². The van der Waals surface area contributed by atoms with Crippen LogP contribution in [-0.2, 0) is 30.7 Å². The van der Waals surface area contributed by atoms with E-state index >= 15 is 0 Å². The van der Waals surface area contributed by atoms with Crippen LogP contribution in [0.3, 0.4) is 0 Å². The van der Waals surface area contributed by atoms with Crippen LogP contribution in [0.5, 0.6) is 5.75 Å². The maximum absolute atomic E-state index is 14.0. The third-order valence-corrected chi connectivity index (χ3v) is 8.00. The summed E-state index contributed by atoms with van der Waals surface area (Å²) < 4.78 is 44.3. The Bertz CT molecular complexity index is 1280. The number of ether oxygens (including phenoxy) is 3. The van der Waals surface area contributed by atoms with Crippen molar-refractivity contribution in [3.8, 4) is 5.75 Å². The minimum Gasteiger partial charge on any atom is -0.497 e. The van der Waals surface area contributed by atoms with Crippen molar-refractivity contribution in [3.63, 3.8) is 0 Å². The summed E-state index contributed by atoms with van der Waals surface area (Å²) in [6.45, 7) is 4.86. The predicted molar refractivity (Wildman–Crippen MR) is 141 cm³/mol. The molecule has 1 heterocycles. The van der Waals surface area contributed by atoms with E-state index in [0.29, 0.717) is 15.6 Å². The lowest BCUT2D eigenvalue weighted by atomic mass is 9.87. The van der Waals surface area contributed by atoms with Gasteiger partial charge in [0.05, 0.1) is 19.1 Å². The number of nitrogens with zero attached hydrogens (tertiary/aromatic N) is 1. The maximum atomic E-state index is 14.0. The van der Waals surface area contributed by atoms with Crippen molar-refractivity contribution < 1.29 is 32.2 Å². The molecule has 0 N–H and O–H groups in total. The lowest BCUT2D eigenvalue weighted by Crippen LogP contribution is -2.53. The van der Waals surface area contributed by atoms with Crippen molar-refractivity contribution in [2.45, 2.75) is 49.6 Å². The number of esters is 1. The topological polar surface area (TPSA) is 99.2 Å². The third-order valence-electron chi connectivity index (χ3n) is 5.54. The van der Waals surface area contributed by atoms with Crippen LogP contribution in [0.2, 0.25) is 0 Å². The van der Waals surface area contributed by atoms with Gasteiger partial charge in [-0.05, 0) is 79.4 Å². The molecule has 0 saturated carbocycles. The highest BCUT2D eigenvalue weighted by molar-refractivity contribution is 7.89. The van der Waals surface area contributed by atoms with Crippen LogP contribution in [0.25, 0.3) is 0 Å². The molecule has 3 rings (SSSR count). The molecule has 0 aliphatic heterocycles. The van der Waals surface area contributed by atoms with Crippen molar-refractivity contribution in [3.05, 3.63) is 82.6 Å². The number of thiophene rings is 1. The second-order valence-electron chi connectivity index (χ2n) is 9.28. The number of amides is 1. The zero-order valence-corrected chi connectivity index (χ0v) is 23.0. The fraction of sp³-hybridized carbons (Fsp3) is 0.333. The molecule has 0 saturated heterocycles. The molecule has 198 valence electrons. The van der Waals surface area contributed by atoms with E-state index in [-0.39, 0.29) is 11.3 Å². The number of methoxy groups -OCH3 is 2. The Labute approximate surface area is 221 Å². The second-order valence-corrected chi connectivity index (χ2v) is 11.9. The van der Waals surface area contributed by atoms with Gasteiger partial charge in [-0.1, -0.05) is 30.3 Å². The monoisotopic (exact) mass is 545 g/mol. The molecule has 1 aromatic heterocycles. The summed E-state index contributed by atoms with van der Waals surface area (Å²) in [4.78, 5) is 26.8. The predicted octanol–water partition coefficient (Wildman–Crippen LogP) is 5.25. The summed E-state index contributed by atoms with van der Waals surface area (Å²) in [5, 5.41) is 3.66. The first-order valence-corrected chi connectivity index (χ1v) is 13.9. The molecule has 3 aromatic rings. The minimum absolute atomic E-state index is 0.197.